The summed E-state index contributed by atoms with van der Waals surface area (Å²) in [5, 5.41) is 11.4. The number of hydrogen-bond acceptors (Lipinski definition) is 2. The molecule has 1 aromatic carbocycles. The number of benzene rings is 1. The quantitative estimate of drug-likeness (QED) is 0.807. The van der Waals surface area contributed by atoms with E-state index in [4.69, 9.17) is 5.11 Å². The Hall–Kier alpha value is -2.48. The molecule has 0 heterocycles. The number of carbonyl (C=O) groups excluding carboxylic acids is 1. The van der Waals surface area contributed by atoms with Crippen molar-refractivity contribution in [3.8, 4) is 11.8 Å². The van der Waals surface area contributed by atoms with Crippen molar-refractivity contribution in [3.05, 3.63) is 29.8 Å². The topological polar surface area (TPSA) is 69.6 Å². The number of anilines is 1. The maximum absolute atomic E-state index is 12.1. The molecule has 0 saturated carbocycles. The van der Waals surface area contributed by atoms with Crippen molar-refractivity contribution in [2.45, 2.75) is 20.3 Å². The highest BCUT2D eigenvalue weighted by atomic mass is 16.4. The summed E-state index contributed by atoms with van der Waals surface area (Å²) >= 11 is 0. The Bertz CT molecular complexity index is 544. The molecule has 0 aliphatic heterocycles. The van der Waals surface area contributed by atoms with Crippen LogP contribution in [0.5, 0.6) is 0 Å². The molecule has 2 N–H and O–H groups in total. The number of para-hydroxylation sites is 1. The number of nitrogens with one attached hydrogen (secondary N) is 1. The van der Waals surface area contributed by atoms with Crippen molar-refractivity contribution in [3.63, 3.8) is 0 Å². The molecule has 20 heavy (non-hydrogen) atoms. The molecule has 0 bridgehead atoms. The molecular weight excluding hydrogens is 256 g/mol. The van der Waals surface area contributed by atoms with Crippen LogP contribution in [0.25, 0.3) is 0 Å². The number of hydrogen-bond donors (Lipinski definition) is 2. The van der Waals surface area contributed by atoms with E-state index in [1.54, 1.807) is 13.0 Å². The fourth-order valence-corrected chi connectivity index (χ4v) is 1.71. The summed E-state index contributed by atoms with van der Waals surface area (Å²) in [5.74, 6) is 4.49. The van der Waals surface area contributed by atoms with Crippen molar-refractivity contribution < 1.29 is 14.7 Å². The Morgan fingerprint density at radius 2 is 2.05 bits per heavy atom. The minimum Gasteiger partial charge on any atom is -0.481 e. The molecule has 0 spiro atoms. The number of carboxylic acid groups (broad SMARTS) is 1. The van der Waals surface area contributed by atoms with Crippen LogP contribution in [0.3, 0.4) is 0 Å². The fraction of sp³-hybridized carbons (Fsp3) is 0.333. The van der Waals surface area contributed by atoms with Gasteiger partial charge in [0, 0.05) is 12.2 Å². The summed E-state index contributed by atoms with van der Waals surface area (Å²) in [6, 6.07) is 7.01. The minimum atomic E-state index is -0.940. The minimum absolute atomic E-state index is 0.110. The molecule has 1 rings (SSSR count). The molecule has 0 fully saturated rings. The number of nitrogens with zero attached hydrogens (tertiary/aromatic N) is 1. The van der Waals surface area contributed by atoms with E-state index in [1.807, 2.05) is 25.1 Å². The molecule has 0 unspecified atom stereocenters. The lowest BCUT2D eigenvalue weighted by Crippen LogP contribution is -2.41. The standard InChI is InChI=1S/C15H18N2O3/c1-3-4-10-16-15(20)17(11-9-14(18)19)13-8-6-5-7-12(13)2/h5-8H,9-11H2,1-2H3,(H,16,20)(H,18,19). The van der Waals surface area contributed by atoms with E-state index in [0.29, 0.717) is 5.69 Å². The predicted octanol–water partition coefficient (Wildman–Crippen LogP) is 2.01. The second-order valence-electron chi connectivity index (χ2n) is 4.17. The van der Waals surface area contributed by atoms with Crippen LogP contribution in [0.2, 0.25) is 0 Å². The van der Waals surface area contributed by atoms with Crippen LogP contribution in [-0.2, 0) is 4.79 Å². The van der Waals surface area contributed by atoms with Crippen LogP contribution < -0.4 is 10.2 Å². The summed E-state index contributed by atoms with van der Waals surface area (Å²) in [6.45, 7) is 3.92. The second kappa shape index (κ2) is 7.85. The Balaban J connectivity index is 2.89. The van der Waals surface area contributed by atoms with Crippen LogP contribution in [-0.4, -0.2) is 30.2 Å². The molecular formula is C15H18N2O3. The van der Waals surface area contributed by atoms with E-state index in [1.165, 1.54) is 4.90 Å². The van der Waals surface area contributed by atoms with Gasteiger partial charge in [0.25, 0.3) is 0 Å². The summed E-state index contributed by atoms with van der Waals surface area (Å²) in [7, 11) is 0. The molecule has 0 aromatic heterocycles. The lowest BCUT2D eigenvalue weighted by molar-refractivity contribution is -0.136. The van der Waals surface area contributed by atoms with Crippen molar-refractivity contribution in [2.75, 3.05) is 18.0 Å². The van der Waals surface area contributed by atoms with Crippen molar-refractivity contribution in [1.29, 1.82) is 0 Å². The highest BCUT2D eigenvalue weighted by Crippen LogP contribution is 2.19. The van der Waals surface area contributed by atoms with Gasteiger partial charge in [-0.1, -0.05) is 24.1 Å². The van der Waals surface area contributed by atoms with Crippen LogP contribution >= 0.6 is 0 Å². The average Bonchev–Trinajstić information content (AvgIpc) is 2.41. The molecule has 0 aliphatic rings. The Kier molecular flexibility index (Phi) is 6.11. The van der Waals surface area contributed by atoms with Crippen molar-refractivity contribution >= 4 is 17.7 Å². The highest BCUT2D eigenvalue weighted by molar-refractivity contribution is 5.93. The first kappa shape index (κ1) is 15.6. The van der Waals surface area contributed by atoms with E-state index in [0.717, 1.165) is 5.56 Å². The van der Waals surface area contributed by atoms with E-state index >= 15 is 0 Å². The van der Waals surface area contributed by atoms with Gasteiger partial charge in [0.05, 0.1) is 13.0 Å². The molecule has 5 heteroatoms. The lowest BCUT2D eigenvalue weighted by atomic mass is 10.2. The number of aryl methyl sites for hydroxylation is 1. The Morgan fingerprint density at radius 3 is 2.65 bits per heavy atom. The van der Waals surface area contributed by atoms with E-state index < -0.39 is 5.97 Å². The monoisotopic (exact) mass is 274 g/mol. The van der Waals surface area contributed by atoms with E-state index in [-0.39, 0.29) is 25.5 Å². The van der Waals surface area contributed by atoms with Gasteiger partial charge in [-0.05, 0) is 25.5 Å². The van der Waals surface area contributed by atoms with Gasteiger partial charge in [-0.15, -0.1) is 5.92 Å². The average molecular weight is 274 g/mol. The number of rotatable bonds is 5. The number of carbonyl (C=O) groups is 2. The Labute approximate surface area is 118 Å². The number of urea groups is 1. The van der Waals surface area contributed by atoms with Gasteiger partial charge in [0.1, 0.15) is 0 Å². The first-order valence-electron chi connectivity index (χ1n) is 6.28. The first-order valence-corrected chi connectivity index (χ1v) is 6.28. The van der Waals surface area contributed by atoms with E-state index in [2.05, 4.69) is 17.2 Å². The summed E-state index contributed by atoms with van der Waals surface area (Å²) in [5.41, 5.74) is 1.62. The van der Waals surface area contributed by atoms with Gasteiger partial charge in [-0.3, -0.25) is 9.69 Å². The Morgan fingerprint density at radius 1 is 1.35 bits per heavy atom. The molecule has 5 nitrogen and oxygen atoms in total. The SMILES string of the molecule is CC#CCNC(=O)N(CCC(=O)O)c1ccccc1C. The van der Waals surface area contributed by atoms with E-state index in [9.17, 15) is 9.59 Å². The van der Waals surface area contributed by atoms with Crippen LogP contribution in [0.1, 0.15) is 18.9 Å². The largest absolute Gasteiger partial charge is 0.481 e. The van der Waals surface area contributed by atoms with Gasteiger partial charge < -0.3 is 10.4 Å². The number of carboxylic acids is 1. The lowest BCUT2D eigenvalue weighted by Gasteiger charge is -2.23. The normalized spacial score (nSPS) is 9.30. The van der Waals surface area contributed by atoms with Crippen LogP contribution in [0.15, 0.2) is 24.3 Å². The summed E-state index contributed by atoms with van der Waals surface area (Å²) < 4.78 is 0. The van der Waals surface area contributed by atoms with Gasteiger partial charge >= 0.3 is 12.0 Å². The number of aliphatic carboxylic acids is 1. The molecule has 106 valence electrons. The fourth-order valence-electron chi connectivity index (χ4n) is 1.71. The maximum atomic E-state index is 12.1. The van der Waals surface area contributed by atoms with Gasteiger partial charge in [-0.25, -0.2) is 4.79 Å². The third kappa shape index (κ3) is 4.65. The number of amides is 2. The third-order valence-electron chi connectivity index (χ3n) is 2.71. The van der Waals surface area contributed by atoms with Crippen molar-refractivity contribution in [2.24, 2.45) is 0 Å². The summed E-state index contributed by atoms with van der Waals surface area (Å²) in [4.78, 5) is 24.3. The molecule has 0 saturated heterocycles. The predicted molar refractivity (Wildman–Crippen MR) is 77.6 cm³/mol. The van der Waals surface area contributed by atoms with Gasteiger partial charge in [0.2, 0.25) is 0 Å². The maximum Gasteiger partial charge on any atom is 0.322 e. The molecule has 0 atom stereocenters. The zero-order valence-electron chi connectivity index (χ0n) is 11.6. The second-order valence-corrected chi connectivity index (χ2v) is 4.17. The molecule has 0 aliphatic carbocycles. The molecule has 2 amide bonds. The zero-order valence-corrected chi connectivity index (χ0v) is 11.6. The third-order valence-corrected chi connectivity index (χ3v) is 2.71. The van der Waals surface area contributed by atoms with Gasteiger partial charge in [0.15, 0.2) is 0 Å². The van der Waals surface area contributed by atoms with Crippen molar-refractivity contribution in [1.82, 2.24) is 5.32 Å². The first-order chi connectivity index (χ1) is 9.56. The van der Waals surface area contributed by atoms with Crippen LogP contribution in [0.4, 0.5) is 10.5 Å². The van der Waals surface area contributed by atoms with Gasteiger partial charge in [-0.2, -0.15) is 0 Å². The highest BCUT2D eigenvalue weighted by Gasteiger charge is 2.17. The summed E-state index contributed by atoms with van der Waals surface area (Å²) in [6.07, 6.45) is -0.110. The smallest absolute Gasteiger partial charge is 0.322 e. The molecule has 1 aromatic rings. The molecule has 0 radical (unpaired) electrons. The van der Waals surface area contributed by atoms with Crippen LogP contribution in [0, 0.1) is 18.8 Å². The zero-order chi connectivity index (χ0) is 15.0.